The first-order chi connectivity index (χ1) is 16.3. The van der Waals surface area contributed by atoms with E-state index in [1.165, 1.54) is 0 Å². The number of hydrogen-bond acceptors (Lipinski definition) is 8. The first-order valence-corrected chi connectivity index (χ1v) is 10.9. The van der Waals surface area contributed by atoms with Crippen molar-refractivity contribution in [1.29, 1.82) is 0 Å². The molecule has 1 fully saturated rings. The van der Waals surface area contributed by atoms with Crippen LogP contribution in [0, 0.1) is 12.8 Å². The predicted octanol–water partition coefficient (Wildman–Crippen LogP) is 4.30. The molecule has 0 unspecified atom stereocenters. The molecule has 0 spiro atoms. The minimum absolute atomic E-state index is 0.121. The molecule has 8 nitrogen and oxygen atoms in total. The van der Waals surface area contributed by atoms with Crippen LogP contribution in [0.5, 0.6) is 5.75 Å². The smallest absolute Gasteiger partial charge is 0.248 e. The molecular formula is C24H25F2N5O3. The van der Waals surface area contributed by atoms with Crippen LogP contribution in [0.3, 0.4) is 0 Å². The summed E-state index contributed by atoms with van der Waals surface area (Å²) >= 11 is 0. The molecule has 0 amide bonds. The van der Waals surface area contributed by atoms with Gasteiger partial charge in [0.25, 0.3) is 0 Å². The van der Waals surface area contributed by atoms with Crippen molar-refractivity contribution in [3.8, 4) is 16.9 Å². The van der Waals surface area contributed by atoms with Gasteiger partial charge in [0.05, 0.1) is 43.6 Å². The Kier molecular flexibility index (Phi) is 7.06. The standard InChI is InChI=1S/C24H25F2N5O3/c1-15-7-17(12-27-31-15)21-4-3-18(9-22(21)33-2)28-23-29-19(5-6-32)8-20(30-23)14-34-13-16-10-24(25,26)11-16/h3-4,6-9,12,16H,5,10-11,13-14H2,1-2H3,(H,28,29,30). The van der Waals surface area contributed by atoms with Gasteiger partial charge >= 0.3 is 0 Å². The number of anilines is 2. The van der Waals surface area contributed by atoms with Gasteiger partial charge < -0.3 is 19.6 Å². The summed E-state index contributed by atoms with van der Waals surface area (Å²) in [7, 11) is 1.58. The summed E-state index contributed by atoms with van der Waals surface area (Å²) in [6, 6.07) is 9.16. The molecule has 1 saturated carbocycles. The summed E-state index contributed by atoms with van der Waals surface area (Å²) in [5.41, 5.74) is 4.31. The number of halogens is 2. The fourth-order valence-electron chi connectivity index (χ4n) is 3.86. The zero-order valence-electron chi connectivity index (χ0n) is 18.9. The fourth-order valence-corrected chi connectivity index (χ4v) is 3.86. The second-order valence-corrected chi connectivity index (χ2v) is 8.32. The van der Waals surface area contributed by atoms with Gasteiger partial charge in [0.1, 0.15) is 12.0 Å². The molecule has 1 aliphatic carbocycles. The lowest BCUT2D eigenvalue weighted by atomic mass is 9.82. The Morgan fingerprint density at radius 1 is 1.18 bits per heavy atom. The Balaban J connectivity index is 1.49. The average Bonchev–Trinajstić information content (AvgIpc) is 2.78. The molecule has 178 valence electrons. The maximum absolute atomic E-state index is 13.0. The number of aryl methyl sites for hydroxylation is 1. The molecule has 3 aromatic rings. The average molecular weight is 469 g/mol. The molecule has 1 N–H and O–H groups in total. The minimum Gasteiger partial charge on any atom is -0.496 e. The molecule has 0 aliphatic heterocycles. The molecule has 4 rings (SSSR count). The van der Waals surface area contributed by atoms with E-state index >= 15 is 0 Å². The SMILES string of the molecule is COc1cc(Nc2nc(CC=O)cc(COCC3CC(F)(F)C3)n2)ccc1-c1cnnc(C)c1. The quantitative estimate of drug-likeness (QED) is 0.439. The van der Waals surface area contributed by atoms with Crippen molar-refractivity contribution in [3.63, 3.8) is 0 Å². The van der Waals surface area contributed by atoms with Crippen molar-refractivity contribution < 1.29 is 23.0 Å². The van der Waals surface area contributed by atoms with E-state index in [9.17, 15) is 13.6 Å². The first kappa shape index (κ1) is 23.6. The summed E-state index contributed by atoms with van der Waals surface area (Å²) in [6.45, 7) is 2.25. The number of hydrogen-bond donors (Lipinski definition) is 1. The maximum Gasteiger partial charge on any atom is 0.248 e. The van der Waals surface area contributed by atoms with Crippen molar-refractivity contribution in [2.75, 3.05) is 19.0 Å². The fraction of sp³-hybridized carbons (Fsp3) is 0.375. The van der Waals surface area contributed by atoms with Gasteiger partial charge in [-0.15, -0.1) is 0 Å². The summed E-state index contributed by atoms with van der Waals surface area (Å²) in [5.74, 6) is -1.79. The van der Waals surface area contributed by atoms with E-state index in [-0.39, 0.29) is 38.4 Å². The highest BCUT2D eigenvalue weighted by atomic mass is 19.3. The largest absolute Gasteiger partial charge is 0.496 e. The zero-order chi connectivity index (χ0) is 24.1. The minimum atomic E-state index is -2.57. The van der Waals surface area contributed by atoms with E-state index in [2.05, 4.69) is 25.5 Å². The number of carbonyl (C=O) groups is 1. The number of rotatable bonds is 10. The summed E-state index contributed by atoms with van der Waals surface area (Å²) in [5, 5.41) is 11.1. The van der Waals surface area contributed by atoms with E-state index in [0.717, 1.165) is 23.1 Å². The topological polar surface area (TPSA) is 99.1 Å². The highest BCUT2D eigenvalue weighted by Gasteiger charge is 2.45. The van der Waals surface area contributed by atoms with Crippen LogP contribution in [-0.2, 0) is 22.6 Å². The molecule has 1 aromatic carbocycles. The van der Waals surface area contributed by atoms with Crippen LogP contribution in [0.4, 0.5) is 20.4 Å². The Hall–Kier alpha value is -3.53. The molecule has 2 aromatic heterocycles. The third-order valence-corrected chi connectivity index (χ3v) is 5.45. The Morgan fingerprint density at radius 2 is 1.97 bits per heavy atom. The van der Waals surface area contributed by atoms with E-state index in [0.29, 0.717) is 28.8 Å². The van der Waals surface area contributed by atoms with Gasteiger partial charge in [-0.05, 0) is 37.1 Å². The molecule has 10 heteroatoms. The van der Waals surface area contributed by atoms with Crippen LogP contribution in [0.1, 0.15) is 29.9 Å². The monoisotopic (exact) mass is 469 g/mol. The molecule has 34 heavy (non-hydrogen) atoms. The molecular weight excluding hydrogens is 444 g/mol. The molecule has 2 heterocycles. The number of aldehydes is 1. The number of ether oxygens (including phenoxy) is 2. The lowest BCUT2D eigenvalue weighted by Gasteiger charge is -2.34. The Morgan fingerprint density at radius 3 is 2.68 bits per heavy atom. The number of carbonyl (C=O) groups excluding carboxylic acids is 1. The molecule has 0 saturated heterocycles. The normalized spacial score (nSPS) is 14.9. The van der Waals surface area contributed by atoms with Crippen LogP contribution in [0.15, 0.2) is 36.5 Å². The van der Waals surface area contributed by atoms with E-state index < -0.39 is 5.92 Å². The van der Waals surface area contributed by atoms with Gasteiger partial charge in [0.2, 0.25) is 11.9 Å². The van der Waals surface area contributed by atoms with Crippen LogP contribution in [0.25, 0.3) is 11.1 Å². The van der Waals surface area contributed by atoms with Crippen LogP contribution in [0.2, 0.25) is 0 Å². The van der Waals surface area contributed by atoms with Gasteiger partial charge in [-0.25, -0.2) is 18.7 Å². The highest BCUT2D eigenvalue weighted by molar-refractivity contribution is 5.74. The Bertz CT molecular complexity index is 1170. The molecule has 0 radical (unpaired) electrons. The number of methoxy groups -OCH3 is 1. The van der Waals surface area contributed by atoms with Crippen molar-refractivity contribution in [3.05, 3.63) is 53.6 Å². The van der Waals surface area contributed by atoms with E-state index in [1.807, 2.05) is 31.2 Å². The second-order valence-electron chi connectivity index (χ2n) is 8.32. The summed E-state index contributed by atoms with van der Waals surface area (Å²) in [6.07, 6.45) is 2.26. The maximum atomic E-state index is 13.0. The van der Waals surface area contributed by atoms with E-state index in [1.54, 1.807) is 19.4 Å². The third-order valence-electron chi connectivity index (χ3n) is 5.45. The van der Waals surface area contributed by atoms with Crippen molar-refractivity contribution in [2.24, 2.45) is 5.92 Å². The van der Waals surface area contributed by atoms with Crippen LogP contribution >= 0.6 is 0 Å². The van der Waals surface area contributed by atoms with Gasteiger partial charge in [-0.3, -0.25) is 0 Å². The first-order valence-electron chi connectivity index (χ1n) is 10.9. The second kappa shape index (κ2) is 10.2. The van der Waals surface area contributed by atoms with Crippen LogP contribution in [-0.4, -0.2) is 46.1 Å². The number of alkyl halides is 2. The number of benzene rings is 1. The molecule has 0 atom stereocenters. The lowest BCUT2D eigenvalue weighted by molar-refractivity contribution is -0.129. The lowest BCUT2D eigenvalue weighted by Crippen LogP contribution is -2.37. The summed E-state index contributed by atoms with van der Waals surface area (Å²) < 4.78 is 37.2. The summed E-state index contributed by atoms with van der Waals surface area (Å²) in [4.78, 5) is 19.9. The Labute approximate surface area is 195 Å². The molecule has 0 bridgehead atoms. The van der Waals surface area contributed by atoms with Crippen molar-refractivity contribution in [1.82, 2.24) is 20.2 Å². The molecule has 1 aliphatic rings. The van der Waals surface area contributed by atoms with Crippen LogP contribution < -0.4 is 10.1 Å². The zero-order valence-corrected chi connectivity index (χ0v) is 18.9. The van der Waals surface area contributed by atoms with Gasteiger partial charge in [0, 0.05) is 42.1 Å². The van der Waals surface area contributed by atoms with Crippen molar-refractivity contribution in [2.45, 2.75) is 38.7 Å². The number of nitrogens with one attached hydrogen (secondary N) is 1. The van der Waals surface area contributed by atoms with E-state index in [4.69, 9.17) is 9.47 Å². The number of aromatic nitrogens is 4. The van der Waals surface area contributed by atoms with Gasteiger partial charge in [-0.1, -0.05) is 0 Å². The van der Waals surface area contributed by atoms with Gasteiger partial charge in [-0.2, -0.15) is 10.2 Å². The predicted molar refractivity (Wildman–Crippen MR) is 121 cm³/mol. The van der Waals surface area contributed by atoms with Gasteiger partial charge in [0.15, 0.2) is 0 Å². The third kappa shape index (κ3) is 5.88. The number of nitrogens with zero attached hydrogens (tertiary/aromatic N) is 4. The highest BCUT2D eigenvalue weighted by Crippen LogP contribution is 2.42. The van der Waals surface area contributed by atoms with Crippen molar-refractivity contribution >= 4 is 17.9 Å².